The molecule has 2 aromatic rings. The highest BCUT2D eigenvalue weighted by Crippen LogP contribution is 2.24. The van der Waals surface area contributed by atoms with Gasteiger partial charge in [0.25, 0.3) is 5.91 Å². The summed E-state index contributed by atoms with van der Waals surface area (Å²) in [6.45, 7) is 1.64. The van der Waals surface area contributed by atoms with Crippen LogP contribution >= 0.6 is 0 Å². The molecule has 102 valence electrons. The summed E-state index contributed by atoms with van der Waals surface area (Å²) in [7, 11) is 0. The number of hydrogen-bond acceptors (Lipinski definition) is 4. The number of pyridine rings is 2. The van der Waals surface area contributed by atoms with Gasteiger partial charge >= 0.3 is 0 Å². The average molecular weight is 268 g/mol. The second kappa shape index (κ2) is 5.28. The number of amides is 1. The summed E-state index contributed by atoms with van der Waals surface area (Å²) in [5.74, 6) is 0.0352. The third-order valence-electron chi connectivity index (χ3n) is 3.46. The first kappa shape index (κ1) is 12.6. The molecule has 5 nitrogen and oxygen atoms in total. The zero-order valence-corrected chi connectivity index (χ0v) is 11.1. The Morgan fingerprint density at radius 1 is 1.25 bits per heavy atom. The van der Waals surface area contributed by atoms with Crippen LogP contribution in [0.3, 0.4) is 0 Å². The summed E-state index contributed by atoms with van der Waals surface area (Å²) >= 11 is 0. The number of rotatable bonds is 2. The molecule has 3 rings (SSSR count). The SMILES string of the molecule is Nc1cncc(-c2ncccc2C(=O)N2CCCC2)c1. The molecule has 2 aromatic heterocycles. The van der Waals surface area contributed by atoms with E-state index < -0.39 is 0 Å². The molecule has 0 aliphatic carbocycles. The topological polar surface area (TPSA) is 72.1 Å². The Labute approximate surface area is 117 Å². The fraction of sp³-hybridized carbons (Fsp3) is 0.267. The highest BCUT2D eigenvalue weighted by molar-refractivity contribution is 6.00. The van der Waals surface area contributed by atoms with Crippen molar-refractivity contribution < 1.29 is 4.79 Å². The Morgan fingerprint density at radius 3 is 2.80 bits per heavy atom. The van der Waals surface area contributed by atoms with Crippen LogP contribution in [0.5, 0.6) is 0 Å². The first-order valence-corrected chi connectivity index (χ1v) is 6.71. The van der Waals surface area contributed by atoms with E-state index in [0.717, 1.165) is 31.5 Å². The van der Waals surface area contributed by atoms with E-state index in [4.69, 9.17) is 5.73 Å². The van der Waals surface area contributed by atoms with Crippen LogP contribution in [0.15, 0.2) is 36.8 Å². The fourth-order valence-electron chi connectivity index (χ4n) is 2.49. The van der Waals surface area contributed by atoms with E-state index in [1.165, 1.54) is 0 Å². The predicted molar refractivity (Wildman–Crippen MR) is 77.0 cm³/mol. The summed E-state index contributed by atoms with van der Waals surface area (Å²) in [6, 6.07) is 5.38. The number of hydrogen-bond donors (Lipinski definition) is 1. The van der Waals surface area contributed by atoms with E-state index in [-0.39, 0.29) is 5.91 Å². The second-order valence-corrected chi connectivity index (χ2v) is 4.91. The minimum absolute atomic E-state index is 0.0352. The molecule has 1 fully saturated rings. The first-order chi connectivity index (χ1) is 9.75. The average Bonchev–Trinajstić information content (AvgIpc) is 3.01. The van der Waals surface area contributed by atoms with Crippen molar-refractivity contribution in [3.8, 4) is 11.3 Å². The number of nitrogens with zero attached hydrogens (tertiary/aromatic N) is 3. The third-order valence-corrected chi connectivity index (χ3v) is 3.46. The zero-order chi connectivity index (χ0) is 13.9. The van der Waals surface area contributed by atoms with E-state index in [0.29, 0.717) is 16.9 Å². The molecular formula is C15H16N4O. The van der Waals surface area contributed by atoms with Gasteiger partial charge in [0.2, 0.25) is 0 Å². The Hall–Kier alpha value is -2.43. The van der Waals surface area contributed by atoms with Crippen LogP contribution in [0.25, 0.3) is 11.3 Å². The second-order valence-electron chi connectivity index (χ2n) is 4.91. The van der Waals surface area contributed by atoms with Gasteiger partial charge in [-0.25, -0.2) is 0 Å². The quantitative estimate of drug-likeness (QED) is 0.903. The molecule has 20 heavy (non-hydrogen) atoms. The summed E-state index contributed by atoms with van der Waals surface area (Å²) in [4.78, 5) is 22.8. The predicted octanol–water partition coefficient (Wildman–Crippen LogP) is 1.96. The van der Waals surface area contributed by atoms with Gasteiger partial charge in [-0.3, -0.25) is 14.8 Å². The molecule has 0 spiro atoms. The van der Waals surface area contributed by atoms with E-state index in [2.05, 4.69) is 9.97 Å². The molecule has 0 radical (unpaired) electrons. The van der Waals surface area contributed by atoms with Gasteiger partial charge in [-0.2, -0.15) is 0 Å². The lowest BCUT2D eigenvalue weighted by Crippen LogP contribution is -2.28. The maximum Gasteiger partial charge on any atom is 0.256 e. The highest BCUT2D eigenvalue weighted by atomic mass is 16.2. The Morgan fingerprint density at radius 2 is 2.05 bits per heavy atom. The van der Waals surface area contributed by atoms with Crippen molar-refractivity contribution >= 4 is 11.6 Å². The Bertz CT molecular complexity index is 635. The van der Waals surface area contributed by atoms with E-state index >= 15 is 0 Å². The molecule has 0 bridgehead atoms. The van der Waals surface area contributed by atoms with Crippen LogP contribution < -0.4 is 5.73 Å². The van der Waals surface area contributed by atoms with Crippen molar-refractivity contribution in [3.63, 3.8) is 0 Å². The van der Waals surface area contributed by atoms with Gasteiger partial charge in [0.05, 0.1) is 16.9 Å². The van der Waals surface area contributed by atoms with Crippen molar-refractivity contribution in [2.45, 2.75) is 12.8 Å². The highest BCUT2D eigenvalue weighted by Gasteiger charge is 2.22. The number of nitrogen functional groups attached to an aromatic ring is 1. The first-order valence-electron chi connectivity index (χ1n) is 6.71. The number of carbonyl (C=O) groups excluding carboxylic acids is 1. The van der Waals surface area contributed by atoms with Crippen molar-refractivity contribution in [2.75, 3.05) is 18.8 Å². The summed E-state index contributed by atoms with van der Waals surface area (Å²) in [5, 5.41) is 0. The number of likely N-dealkylation sites (tertiary alicyclic amines) is 1. The van der Waals surface area contributed by atoms with Crippen molar-refractivity contribution in [2.24, 2.45) is 0 Å². The Balaban J connectivity index is 2.02. The number of carbonyl (C=O) groups is 1. The molecule has 1 aliphatic rings. The van der Waals surface area contributed by atoms with E-state index in [1.54, 1.807) is 30.7 Å². The number of aromatic nitrogens is 2. The zero-order valence-electron chi connectivity index (χ0n) is 11.1. The molecule has 0 atom stereocenters. The largest absolute Gasteiger partial charge is 0.397 e. The van der Waals surface area contributed by atoms with Crippen molar-refractivity contribution in [1.29, 1.82) is 0 Å². The maximum absolute atomic E-state index is 12.6. The summed E-state index contributed by atoms with van der Waals surface area (Å²) in [6.07, 6.45) is 7.08. The van der Waals surface area contributed by atoms with Crippen LogP contribution in [0.2, 0.25) is 0 Å². The lowest BCUT2D eigenvalue weighted by atomic mass is 10.1. The maximum atomic E-state index is 12.6. The Kier molecular flexibility index (Phi) is 3.33. The molecule has 1 aliphatic heterocycles. The molecule has 0 saturated carbocycles. The standard InChI is InChI=1S/C15H16N4O/c16-12-8-11(9-17-10-12)14-13(4-3-5-18-14)15(20)19-6-1-2-7-19/h3-5,8-10H,1-2,6-7,16H2. The molecule has 0 unspecified atom stereocenters. The van der Waals surface area contributed by atoms with Crippen LogP contribution in [-0.4, -0.2) is 33.9 Å². The smallest absolute Gasteiger partial charge is 0.256 e. The van der Waals surface area contributed by atoms with Crippen LogP contribution in [0.4, 0.5) is 5.69 Å². The normalized spacial score (nSPS) is 14.5. The van der Waals surface area contributed by atoms with Gasteiger partial charge in [0.1, 0.15) is 0 Å². The van der Waals surface area contributed by atoms with Crippen molar-refractivity contribution in [3.05, 3.63) is 42.4 Å². The number of nitrogens with two attached hydrogens (primary N) is 1. The molecule has 1 amide bonds. The number of anilines is 1. The van der Waals surface area contributed by atoms with Gasteiger partial charge in [-0.1, -0.05) is 0 Å². The molecular weight excluding hydrogens is 252 g/mol. The minimum Gasteiger partial charge on any atom is -0.397 e. The van der Waals surface area contributed by atoms with Crippen molar-refractivity contribution in [1.82, 2.24) is 14.9 Å². The summed E-state index contributed by atoms with van der Waals surface area (Å²) in [5.41, 5.74) is 8.35. The molecule has 3 heterocycles. The van der Waals surface area contributed by atoms with Gasteiger partial charge in [-0.15, -0.1) is 0 Å². The molecule has 0 aromatic carbocycles. The minimum atomic E-state index is 0.0352. The van der Waals surface area contributed by atoms with Gasteiger partial charge in [-0.05, 0) is 31.0 Å². The van der Waals surface area contributed by atoms with E-state index in [1.807, 2.05) is 11.0 Å². The fourth-order valence-corrected chi connectivity index (χ4v) is 2.49. The van der Waals surface area contributed by atoms with Crippen LogP contribution in [0, 0.1) is 0 Å². The van der Waals surface area contributed by atoms with Crippen LogP contribution in [-0.2, 0) is 0 Å². The van der Waals surface area contributed by atoms with E-state index in [9.17, 15) is 4.79 Å². The third kappa shape index (κ3) is 2.34. The molecule has 5 heteroatoms. The summed E-state index contributed by atoms with van der Waals surface area (Å²) < 4.78 is 0. The molecule has 2 N–H and O–H groups in total. The van der Waals surface area contributed by atoms with Gasteiger partial charge in [0, 0.05) is 37.2 Å². The molecule has 1 saturated heterocycles. The van der Waals surface area contributed by atoms with Crippen LogP contribution in [0.1, 0.15) is 23.2 Å². The lowest BCUT2D eigenvalue weighted by molar-refractivity contribution is 0.0793. The lowest BCUT2D eigenvalue weighted by Gasteiger charge is -2.17. The monoisotopic (exact) mass is 268 g/mol. The van der Waals surface area contributed by atoms with Gasteiger partial charge < -0.3 is 10.6 Å². The van der Waals surface area contributed by atoms with Gasteiger partial charge in [0.15, 0.2) is 0 Å².